The van der Waals surface area contributed by atoms with Crippen LogP contribution in [0.3, 0.4) is 0 Å². The molecule has 3 fully saturated rings. The third kappa shape index (κ3) is 3.16. The number of amides is 1. The van der Waals surface area contributed by atoms with Crippen LogP contribution in [0.2, 0.25) is 0 Å². The maximum atomic E-state index is 12.4. The summed E-state index contributed by atoms with van der Waals surface area (Å²) in [5, 5.41) is 1.50. The van der Waals surface area contributed by atoms with E-state index >= 15 is 0 Å². The maximum Gasteiger partial charge on any atom is 0.275 e. The first-order valence-corrected chi connectivity index (χ1v) is 8.61. The molecule has 0 radical (unpaired) electrons. The Bertz CT molecular complexity index is 531. The summed E-state index contributed by atoms with van der Waals surface area (Å²) in [4.78, 5) is 20.2. The molecule has 1 atom stereocenters. The minimum absolute atomic E-state index is 0.0115. The van der Waals surface area contributed by atoms with Gasteiger partial charge >= 0.3 is 0 Å². The molecule has 6 nitrogen and oxygen atoms in total. The van der Waals surface area contributed by atoms with Crippen molar-refractivity contribution in [3.05, 3.63) is 24.2 Å². The van der Waals surface area contributed by atoms with Crippen molar-refractivity contribution in [2.45, 2.75) is 50.4 Å². The summed E-state index contributed by atoms with van der Waals surface area (Å²) in [5.74, 6) is 1.02. The van der Waals surface area contributed by atoms with Gasteiger partial charge in [0.1, 0.15) is 11.9 Å². The Labute approximate surface area is 136 Å². The number of carbonyl (C=O) groups excluding carboxylic acids is 1. The van der Waals surface area contributed by atoms with E-state index in [-0.39, 0.29) is 17.6 Å². The van der Waals surface area contributed by atoms with Crippen LogP contribution in [0.5, 0.6) is 0 Å². The molecule has 4 heterocycles. The van der Waals surface area contributed by atoms with Crippen LogP contribution in [0.15, 0.2) is 22.8 Å². The Morgan fingerprint density at radius 3 is 2.83 bits per heavy atom. The molecule has 0 aromatic carbocycles. The van der Waals surface area contributed by atoms with E-state index in [1.165, 1.54) is 5.06 Å². The highest BCUT2D eigenvalue weighted by Crippen LogP contribution is 2.39. The molecule has 3 aliphatic rings. The molecule has 1 aromatic heterocycles. The largest absolute Gasteiger partial charge is 0.468 e. The van der Waals surface area contributed by atoms with E-state index in [9.17, 15) is 4.79 Å². The van der Waals surface area contributed by atoms with Crippen molar-refractivity contribution >= 4 is 5.91 Å². The average Bonchev–Trinajstić information content (AvgIpc) is 3.31. The Kier molecular flexibility index (Phi) is 4.13. The maximum absolute atomic E-state index is 12.4. The van der Waals surface area contributed by atoms with Gasteiger partial charge in [0.15, 0.2) is 0 Å². The van der Waals surface area contributed by atoms with Crippen molar-refractivity contribution in [1.29, 1.82) is 0 Å². The van der Waals surface area contributed by atoms with Crippen LogP contribution in [0.25, 0.3) is 0 Å². The summed E-state index contributed by atoms with van der Waals surface area (Å²) in [7, 11) is 0. The number of hydroxylamine groups is 2. The van der Waals surface area contributed by atoms with Gasteiger partial charge in [-0.25, -0.2) is 5.06 Å². The number of likely N-dealkylation sites (tertiary alicyclic amines) is 1. The van der Waals surface area contributed by atoms with Gasteiger partial charge in [0.2, 0.25) is 0 Å². The van der Waals surface area contributed by atoms with Crippen molar-refractivity contribution < 1.29 is 18.8 Å². The lowest BCUT2D eigenvalue weighted by atomic mass is 9.88. The Morgan fingerprint density at radius 2 is 2.13 bits per heavy atom. The number of hydrogen-bond donors (Lipinski definition) is 0. The number of furan rings is 1. The lowest BCUT2D eigenvalue weighted by Crippen LogP contribution is -2.45. The van der Waals surface area contributed by atoms with E-state index < -0.39 is 0 Å². The normalized spacial score (nSPS) is 27.8. The zero-order valence-electron chi connectivity index (χ0n) is 13.4. The molecule has 3 saturated heterocycles. The number of piperidine rings is 1. The van der Waals surface area contributed by atoms with E-state index in [4.69, 9.17) is 14.0 Å². The first kappa shape index (κ1) is 15.2. The van der Waals surface area contributed by atoms with E-state index in [1.807, 2.05) is 12.1 Å². The van der Waals surface area contributed by atoms with Gasteiger partial charge in [-0.3, -0.25) is 14.5 Å². The summed E-state index contributed by atoms with van der Waals surface area (Å²) in [5.41, 5.74) is -0.111. The molecular formula is C17H24N2O4. The fraction of sp³-hybridized carbons (Fsp3) is 0.706. The van der Waals surface area contributed by atoms with Gasteiger partial charge in [0, 0.05) is 13.1 Å². The van der Waals surface area contributed by atoms with Crippen LogP contribution in [-0.4, -0.2) is 53.8 Å². The van der Waals surface area contributed by atoms with Crippen LogP contribution < -0.4 is 0 Å². The molecular weight excluding hydrogens is 296 g/mol. The third-order valence-corrected chi connectivity index (χ3v) is 5.26. The minimum Gasteiger partial charge on any atom is -0.468 e. The fourth-order valence-electron chi connectivity index (χ4n) is 3.88. The molecule has 0 bridgehead atoms. The second-order valence-electron chi connectivity index (χ2n) is 6.81. The molecule has 126 valence electrons. The molecule has 3 aliphatic heterocycles. The summed E-state index contributed by atoms with van der Waals surface area (Å²) in [6.07, 6.45) is 6.09. The third-order valence-electron chi connectivity index (χ3n) is 5.26. The second kappa shape index (κ2) is 6.26. The smallest absolute Gasteiger partial charge is 0.275 e. The zero-order chi connectivity index (χ0) is 15.7. The van der Waals surface area contributed by atoms with Crippen molar-refractivity contribution in [3.8, 4) is 0 Å². The Morgan fingerprint density at radius 1 is 1.26 bits per heavy atom. The molecule has 1 amide bonds. The van der Waals surface area contributed by atoms with E-state index in [0.717, 1.165) is 57.5 Å². The van der Waals surface area contributed by atoms with Gasteiger partial charge in [-0.15, -0.1) is 0 Å². The lowest BCUT2D eigenvalue weighted by Gasteiger charge is -2.38. The highest BCUT2D eigenvalue weighted by atomic mass is 16.7. The highest BCUT2D eigenvalue weighted by molar-refractivity contribution is 5.80. The van der Waals surface area contributed by atoms with Gasteiger partial charge in [0.05, 0.1) is 31.6 Å². The van der Waals surface area contributed by atoms with E-state index in [2.05, 4.69) is 4.90 Å². The van der Waals surface area contributed by atoms with Crippen molar-refractivity contribution in [2.75, 3.05) is 26.2 Å². The molecule has 1 spiro atoms. The number of ether oxygens (including phenoxy) is 1. The molecule has 6 heteroatoms. The van der Waals surface area contributed by atoms with Gasteiger partial charge in [0.25, 0.3) is 5.91 Å². The van der Waals surface area contributed by atoms with Crippen molar-refractivity contribution in [1.82, 2.24) is 9.96 Å². The first-order chi connectivity index (χ1) is 11.2. The SMILES string of the molecule is O=C([C@@H]1CCC2(CCN(Cc3ccco3)CC2)O1)N1CCCO1. The molecule has 0 saturated carbocycles. The molecule has 1 aromatic rings. The number of hydrogen-bond acceptors (Lipinski definition) is 5. The van der Waals surface area contributed by atoms with E-state index in [0.29, 0.717) is 13.2 Å². The predicted octanol–water partition coefficient (Wildman–Crippen LogP) is 1.96. The summed E-state index contributed by atoms with van der Waals surface area (Å²) >= 11 is 0. The summed E-state index contributed by atoms with van der Waals surface area (Å²) in [6, 6.07) is 3.94. The molecule has 23 heavy (non-hydrogen) atoms. The summed E-state index contributed by atoms with van der Waals surface area (Å²) in [6.45, 7) is 4.17. The Balaban J connectivity index is 1.30. The topological polar surface area (TPSA) is 55.2 Å². The number of nitrogens with zero attached hydrogens (tertiary/aromatic N) is 2. The van der Waals surface area contributed by atoms with Crippen LogP contribution in [0, 0.1) is 0 Å². The van der Waals surface area contributed by atoms with Crippen LogP contribution in [0.4, 0.5) is 0 Å². The lowest BCUT2D eigenvalue weighted by molar-refractivity contribution is -0.185. The molecule has 0 aliphatic carbocycles. The van der Waals surface area contributed by atoms with Gasteiger partial charge in [-0.1, -0.05) is 0 Å². The fourth-order valence-corrected chi connectivity index (χ4v) is 3.88. The Hall–Kier alpha value is -1.37. The van der Waals surface area contributed by atoms with Crippen molar-refractivity contribution in [2.24, 2.45) is 0 Å². The quantitative estimate of drug-likeness (QED) is 0.852. The average molecular weight is 320 g/mol. The molecule has 0 N–H and O–H groups in total. The highest BCUT2D eigenvalue weighted by Gasteiger charge is 2.46. The first-order valence-electron chi connectivity index (χ1n) is 8.61. The predicted molar refractivity (Wildman–Crippen MR) is 82.3 cm³/mol. The van der Waals surface area contributed by atoms with Gasteiger partial charge in [-0.05, 0) is 44.2 Å². The van der Waals surface area contributed by atoms with Gasteiger partial charge < -0.3 is 9.15 Å². The van der Waals surface area contributed by atoms with Crippen LogP contribution >= 0.6 is 0 Å². The minimum atomic E-state index is -0.315. The molecule has 0 unspecified atom stereocenters. The second-order valence-corrected chi connectivity index (χ2v) is 6.81. The monoisotopic (exact) mass is 320 g/mol. The zero-order valence-corrected chi connectivity index (χ0v) is 13.4. The van der Waals surface area contributed by atoms with Crippen molar-refractivity contribution in [3.63, 3.8) is 0 Å². The van der Waals surface area contributed by atoms with Crippen LogP contribution in [-0.2, 0) is 20.9 Å². The standard InChI is InChI=1S/C17H24N2O4/c20-16(19-8-2-12-22-19)15-4-5-17(23-15)6-9-18(10-7-17)13-14-3-1-11-21-14/h1,3,11,15H,2,4-10,12-13H2/t15-/m0/s1. The van der Waals surface area contributed by atoms with Crippen LogP contribution in [0.1, 0.15) is 37.9 Å². The summed E-state index contributed by atoms with van der Waals surface area (Å²) < 4.78 is 11.6. The van der Waals surface area contributed by atoms with E-state index in [1.54, 1.807) is 6.26 Å². The van der Waals surface area contributed by atoms with Gasteiger partial charge in [-0.2, -0.15) is 0 Å². The molecule has 4 rings (SSSR count). The number of carbonyl (C=O) groups is 1. The number of rotatable bonds is 3.